The largest absolute Gasteiger partial charge is 0.340 e. The maximum Gasteiger partial charge on any atom is 0.227 e. The lowest BCUT2D eigenvalue weighted by molar-refractivity contribution is -0.116. The fourth-order valence-electron chi connectivity index (χ4n) is 3.37. The van der Waals surface area contributed by atoms with E-state index in [9.17, 15) is 4.79 Å². The lowest BCUT2D eigenvalue weighted by atomic mass is 10.1. The van der Waals surface area contributed by atoms with E-state index in [4.69, 9.17) is 0 Å². The van der Waals surface area contributed by atoms with E-state index in [2.05, 4.69) is 25.9 Å². The number of anilines is 3. The van der Waals surface area contributed by atoms with Crippen LogP contribution in [0, 0.1) is 0 Å². The molecule has 1 fully saturated rings. The van der Waals surface area contributed by atoms with Gasteiger partial charge in [0.2, 0.25) is 5.91 Å². The van der Waals surface area contributed by atoms with Crippen molar-refractivity contribution in [2.75, 3.05) is 17.2 Å². The zero-order valence-corrected chi connectivity index (χ0v) is 15.6. The molecule has 6 heteroatoms. The van der Waals surface area contributed by atoms with Crippen molar-refractivity contribution in [3.05, 3.63) is 67.0 Å². The molecule has 1 aromatic carbocycles. The number of amides is 1. The van der Waals surface area contributed by atoms with Gasteiger partial charge < -0.3 is 16.0 Å². The van der Waals surface area contributed by atoms with E-state index in [1.807, 2.05) is 54.6 Å². The summed E-state index contributed by atoms with van der Waals surface area (Å²) in [6.45, 7) is 0.993. The van der Waals surface area contributed by atoms with Crippen LogP contribution in [0.3, 0.4) is 0 Å². The third-order valence-corrected chi connectivity index (χ3v) is 4.76. The van der Waals surface area contributed by atoms with Crippen LogP contribution in [0.15, 0.2) is 67.0 Å². The van der Waals surface area contributed by atoms with Crippen LogP contribution in [0.4, 0.5) is 17.3 Å². The first-order valence-electron chi connectivity index (χ1n) is 9.54. The highest BCUT2D eigenvalue weighted by atomic mass is 16.1. The third kappa shape index (κ3) is 4.72. The number of rotatable bonds is 6. The number of nitrogens with one attached hydrogen (secondary N) is 3. The van der Waals surface area contributed by atoms with E-state index in [0.29, 0.717) is 12.2 Å². The van der Waals surface area contributed by atoms with E-state index < -0.39 is 0 Å². The van der Waals surface area contributed by atoms with E-state index in [-0.39, 0.29) is 11.9 Å². The van der Waals surface area contributed by atoms with Crippen molar-refractivity contribution in [3.63, 3.8) is 0 Å². The number of para-hydroxylation sites is 1. The first kappa shape index (κ1) is 18.1. The van der Waals surface area contributed by atoms with E-state index >= 15 is 0 Å². The van der Waals surface area contributed by atoms with Gasteiger partial charge in [-0.25, -0.2) is 9.97 Å². The number of benzene rings is 1. The minimum Gasteiger partial charge on any atom is -0.340 e. The fourth-order valence-corrected chi connectivity index (χ4v) is 3.37. The third-order valence-electron chi connectivity index (χ3n) is 4.76. The quantitative estimate of drug-likeness (QED) is 0.609. The van der Waals surface area contributed by atoms with Crippen LogP contribution >= 0.6 is 0 Å². The zero-order chi connectivity index (χ0) is 19.2. The van der Waals surface area contributed by atoms with Gasteiger partial charge in [-0.2, -0.15) is 0 Å². The van der Waals surface area contributed by atoms with Crippen LogP contribution in [0.25, 0.3) is 11.1 Å². The molecule has 1 atom stereocenters. The monoisotopic (exact) mass is 373 g/mol. The second-order valence-electron chi connectivity index (χ2n) is 6.90. The molecule has 1 amide bonds. The summed E-state index contributed by atoms with van der Waals surface area (Å²) in [6.07, 6.45) is 6.14. The number of carbonyl (C=O) groups is 1. The standard InChI is InChI=1S/C22H23N5O/c28-22(15-19-7-4-10-23-19)27-21-14-17(9-12-25-21)16-8-11-24-20(13-16)26-18-5-2-1-3-6-18/h1-3,5-6,8-9,11-14,19,23H,4,7,10,15H2,(H,24,26)(H,25,27,28). The summed E-state index contributed by atoms with van der Waals surface area (Å²) in [7, 11) is 0. The lowest BCUT2D eigenvalue weighted by Crippen LogP contribution is -2.27. The minimum absolute atomic E-state index is 0.00906. The molecule has 1 saturated heterocycles. The van der Waals surface area contributed by atoms with Gasteiger partial charge in [-0.05, 0) is 66.9 Å². The second-order valence-corrected chi connectivity index (χ2v) is 6.90. The van der Waals surface area contributed by atoms with Gasteiger partial charge in [-0.15, -0.1) is 0 Å². The van der Waals surface area contributed by atoms with Crippen LogP contribution in [-0.4, -0.2) is 28.5 Å². The van der Waals surface area contributed by atoms with Crippen LogP contribution < -0.4 is 16.0 Å². The molecule has 0 saturated carbocycles. The molecule has 6 nitrogen and oxygen atoms in total. The highest BCUT2D eigenvalue weighted by molar-refractivity contribution is 5.90. The Morgan fingerprint density at radius 1 is 1.00 bits per heavy atom. The van der Waals surface area contributed by atoms with Gasteiger partial charge >= 0.3 is 0 Å². The first-order valence-corrected chi connectivity index (χ1v) is 9.54. The zero-order valence-electron chi connectivity index (χ0n) is 15.6. The van der Waals surface area contributed by atoms with Gasteiger partial charge in [0.1, 0.15) is 11.6 Å². The van der Waals surface area contributed by atoms with Crippen molar-refractivity contribution >= 4 is 23.2 Å². The molecule has 1 aliphatic rings. The average Bonchev–Trinajstić information content (AvgIpc) is 3.22. The van der Waals surface area contributed by atoms with Crippen molar-refractivity contribution in [1.29, 1.82) is 0 Å². The van der Waals surface area contributed by atoms with Crippen LogP contribution in [0.2, 0.25) is 0 Å². The molecule has 4 rings (SSSR count). The topological polar surface area (TPSA) is 78.9 Å². The van der Waals surface area contributed by atoms with Gasteiger partial charge in [0.15, 0.2) is 0 Å². The van der Waals surface area contributed by atoms with Crippen LogP contribution in [-0.2, 0) is 4.79 Å². The molecule has 0 aliphatic carbocycles. The second kappa shape index (κ2) is 8.63. The first-order chi connectivity index (χ1) is 13.8. The molecule has 3 aromatic rings. The average molecular weight is 373 g/mol. The van der Waals surface area contributed by atoms with Gasteiger partial charge in [-0.3, -0.25) is 4.79 Å². The predicted octanol–water partition coefficient (Wildman–Crippen LogP) is 3.97. The van der Waals surface area contributed by atoms with E-state index in [0.717, 1.165) is 42.0 Å². The minimum atomic E-state index is -0.00906. The Morgan fingerprint density at radius 2 is 1.71 bits per heavy atom. The van der Waals surface area contributed by atoms with Gasteiger partial charge in [0.05, 0.1) is 0 Å². The molecule has 1 unspecified atom stereocenters. The summed E-state index contributed by atoms with van der Waals surface area (Å²) >= 11 is 0. The van der Waals surface area contributed by atoms with Crippen molar-refractivity contribution in [2.45, 2.75) is 25.3 Å². The molecule has 0 spiro atoms. The number of pyridine rings is 2. The fraction of sp³-hybridized carbons (Fsp3) is 0.227. The number of hydrogen-bond acceptors (Lipinski definition) is 5. The van der Waals surface area contributed by atoms with Crippen molar-refractivity contribution in [1.82, 2.24) is 15.3 Å². The molecular weight excluding hydrogens is 350 g/mol. The van der Waals surface area contributed by atoms with Gasteiger partial charge in [-0.1, -0.05) is 18.2 Å². The Morgan fingerprint density at radius 3 is 2.43 bits per heavy atom. The summed E-state index contributed by atoms with van der Waals surface area (Å²) in [5.74, 6) is 1.32. The highest BCUT2D eigenvalue weighted by Crippen LogP contribution is 2.24. The number of carbonyl (C=O) groups excluding carboxylic acids is 1. The summed E-state index contributed by atoms with van der Waals surface area (Å²) in [6, 6.07) is 17.9. The number of nitrogens with zero attached hydrogens (tertiary/aromatic N) is 2. The number of hydrogen-bond donors (Lipinski definition) is 3. The Balaban J connectivity index is 1.46. The lowest BCUT2D eigenvalue weighted by Gasteiger charge is -2.11. The molecular formula is C22H23N5O. The predicted molar refractivity (Wildman–Crippen MR) is 111 cm³/mol. The molecule has 3 heterocycles. The Labute approximate surface area is 164 Å². The SMILES string of the molecule is O=C(CC1CCCN1)Nc1cc(-c2ccnc(Nc3ccccc3)c2)ccn1. The molecule has 3 N–H and O–H groups in total. The summed E-state index contributed by atoms with van der Waals surface area (Å²) in [5, 5.41) is 9.55. The summed E-state index contributed by atoms with van der Waals surface area (Å²) < 4.78 is 0. The maximum atomic E-state index is 12.3. The van der Waals surface area contributed by atoms with Crippen molar-refractivity contribution in [3.8, 4) is 11.1 Å². The molecule has 0 radical (unpaired) electrons. The van der Waals surface area contributed by atoms with E-state index in [1.165, 1.54) is 0 Å². The molecule has 2 aromatic heterocycles. The van der Waals surface area contributed by atoms with Crippen LogP contribution in [0.5, 0.6) is 0 Å². The van der Waals surface area contributed by atoms with E-state index in [1.54, 1.807) is 12.4 Å². The normalized spacial score (nSPS) is 15.9. The Bertz CT molecular complexity index is 938. The van der Waals surface area contributed by atoms with Crippen molar-refractivity contribution in [2.24, 2.45) is 0 Å². The number of aromatic nitrogens is 2. The smallest absolute Gasteiger partial charge is 0.227 e. The highest BCUT2D eigenvalue weighted by Gasteiger charge is 2.18. The molecule has 0 bridgehead atoms. The summed E-state index contributed by atoms with van der Waals surface area (Å²) in [5.41, 5.74) is 2.96. The Kier molecular flexibility index (Phi) is 5.58. The summed E-state index contributed by atoms with van der Waals surface area (Å²) in [4.78, 5) is 20.9. The van der Waals surface area contributed by atoms with Crippen molar-refractivity contribution < 1.29 is 4.79 Å². The van der Waals surface area contributed by atoms with Gasteiger partial charge in [0, 0.05) is 30.5 Å². The molecule has 28 heavy (non-hydrogen) atoms. The Hall–Kier alpha value is -3.25. The molecule has 142 valence electrons. The maximum absolute atomic E-state index is 12.3. The van der Waals surface area contributed by atoms with Gasteiger partial charge in [0.25, 0.3) is 0 Å². The molecule has 1 aliphatic heterocycles. The van der Waals surface area contributed by atoms with Crippen LogP contribution in [0.1, 0.15) is 19.3 Å².